The predicted molar refractivity (Wildman–Crippen MR) is 89.9 cm³/mol. The molecule has 3 aromatic rings. The molecular formula is C18H16N5O. The second kappa shape index (κ2) is 5.88. The Labute approximate surface area is 139 Å². The Kier molecular flexibility index (Phi) is 3.57. The lowest BCUT2D eigenvalue weighted by Crippen LogP contribution is -2.32. The maximum absolute atomic E-state index is 11.4. The molecule has 0 unspecified atom stereocenters. The van der Waals surface area contributed by atoms with Gasteiger partial charge < -0.3 is 4.90 Å². The van der Waals surface area contributed by atoms with E-state index in [1.54, 1.807) is 23.8 Å². The number of rotatable bonds is 2. The largest absolute Gasteiger partial charge is 0.339 e. The highest BCUT2D eigenvalue weighted by Gasteiger charge is 2.14. The van der Waals surface area contributed by atoms with Gasteiger partial charge in [-0.3, -0.25) is 4.79 Å². The topological polar surface area (TPSA) is 63.4 Å². The quantitative estimate of drug-likeness (QED) is 0.727. The predicted octanol–water partition coefficient (Wildman–Crippen LogP) is 2.23. The summed E-state index contributed by atoms with van der Waals surface area (Å²) in [6, 6.07) is 8.27. The SMILES string of the molecule is CC(=O)N1CC=C(c2ccc(-c3cnc4nc[c]n4n3)cc2)CC1. The van der Waals surface area contributed by atoms with Gasteiger partial charge in [-0.05, 0) is 17.6 Å². The molecule has 1 aromatic carbocycles. The molecule has 4 rings (SSSR count). The Hall–Kier alpha value is -3.02. The first-order valence-electron chi connectivity index (χ1n) is 7.84. The van der Waals surface area contributed by atoms with E-state index in [1.807, 2.05) is 17.0 Å². The lowest BCUT2D eigenvalue weighted by molar-refractivity contribution is -0.128. The molecule has 0 spiro atoms. The molecule has 6 nitrogen and oxygen atoms in total. The fraction of sp³-hybridized carbons (Fsp3) is 0.222. The highest BCUT2D eigenvalue weighted by atomic mass is 16.2. The molecule has 0 atom stereocenters. The zero-order valence-electron chi connectivity index (χ0n) is 13.3. The minimum atomic E-state index is 0.130. The number of amides is 1. The lowest BCUT2D eigenvalue weighted by atomic mass is 9.98. The fourth-order valence-corrected chi connectivity index (χ4v) is 2.87. The van der Waals surface area contributed by atoms with E-state index in [1.165, 1.54) is 11.1 Å². The summed E-state index contributed by atoms with van der Waals surface area (Å²) in [7, 11) is 0. The molecule has 1 aliphatic heterocycles. The zero-order chi connectivity index (χ0) is 16.5. The standard InChI is InChI=1S/C18H16N5O/c1-13(24)22-9-6-15(7-10-22)14-2-4-16(5-3-14)17-12-20-18-19-8-11-23(18)21-17/h2-6,8,12H,7,9-10H2,1H3. The van der Waals surface area contributed by atoms with Gasteiger partial charge >= 0.3 is 0 Å². The van der Waals surface area contributed by atoms with Crippen LogP contribution in [0.5, 0.6) is 0 Å². The normalized spacial score (nSPS) is 14.7. The summed E-state index contributed by atoms with van der Waals surface area (Å²) >= 11 is 0. The summed E-state index contributed by atoms with van der Waals surface area (Å²) in [5.41, 5.74) is 4.24. The Bertz CT molecular complexity index is 926. The maximum Gasteiger partial charge on any atom is 0.251 e. The number of nitrogens with zero attached hydrogens (tertiary/aromatic N) is 5. The van der Waals surface area contributed by atoms with E-state index in [4.69, 9.17) is 0 Å². The first-order chi connectivity index (χ1) is 11.7. The summed E-state index contributed by atoms with van der Waals surface area (Å²) in [4.78, 5) is 21.6. The van der Waals surface area contributed by atoms with Crippen LogP contribution in [0.2, 0.25) is 0 Å². The third-order valence-electron chi connectivity index (χ3n) is 4.27. The van der Waals surface area contributed by atoms with Crippen LogP contribution >= 0.6 is 0 Å². The molecule has 24 heavy (non-hydrogen) atoms. The Morgan fingerprint density at radius 3 is 2.67 bits per heavy atom. The third-order valence-corrected chi connectivity index (χ3v) is 4.27. The number of hydrogen-bond acceptors (Lipinski definition) is 4. The Balaban J connectivity index is 1.57. The Morgan fingerprint density at radius 2 is 1.96 bits per heavy atom. The third kappa shape index (κ3) is 2.67. The molecule has 119 valence electrons. The lowest BCUT2D eigenvalue weighted by Gasteiger charge is -2.25. The van der Waals surface area contributed by atoms with Crippen molar-refractivity contribution in [3.05, 3.63) is 54.5 Å². The highest BCUT2D eigenvalue weighted by Crippen LogP contribution is 2.25. The van der Waals surface area contributed by atoms with Crippen molar-refractivity contribution >= 4 is 17.3 Å². The van der Waals surface area contributed by atoms with E-state index in [-0.39, 0.29) is 5.91 Å². The zero-order valence-corrected chi connectivity index (χ0v) is 13.3. The molecule has 0 N–H and O–H groups in total. The number of aromatic nitrogens is 4. The molecule has 0 saturated carbocycles. The van der Waals surface area contributed by atoms with E-state index in [0.717, 1.165) is 24.2 Å². The highest BCUT2D eigenvalue weighted by molar-refractivity contribution is 5.76. The van der Waals surface area contributed by atoms with Crippen LogP contribution in [0.15, 0.2) is 42.7 Å². The summed E-state index contributed by atoms with van der Waals surface area (Å²) in [5.74, 6) is 0.670. The van der Waals surface area contributed by atoms with E-state index in [0.29, 0.717) is 12.3 Å². The van der Waals surface area contributed by atoms with Gasteiger partial charge in [-0.25, -0.2) is 9.97 Å². The van der Waals surface area contributed by atoms with Gasteiger partial charge in [0.2, 0.25) is 5.91 Å². The first-order valence-corrected chi connectivity index (χ1v) is 7.84. The Morgan fingerprint density at radius 1 is 1.17 bits per heavy atom. The number of fused-ring (bicyclic) bond motifs is 1. The van der Waals surface area contributed by atoms with Crippen LogP contribution in [-0.2, 0) is 4.79 Å². The maximum atomic E-state index is 11.4. The molecule has 0 fully saturated rings. The van der Waals surface area contributed by atoms with Gasteiger partial charge in [-0.1, -0.05) is 30.3 Å². The number of carbonyl (C=O) groups is 1. The summed E-state index contributed by atoms with van der Waals surface area (Å²) < 4.78 is 1.54. The number of benzene rings is 1. The van der Waals surface area contributed by atoms with Crippen LogP contribution in [0.25, 0.3) is 22.6 Å². The van der Waals surface area contributed by atoms with Gasteiger partial charge in [0.25, 0.3) is 5.78 Å². The summed E-state index contributed by atoms with van der Waals surface area (Å²) in [6.45, 7) is 3.08. The molecule has 0 bridgehead atoms. The van der Waals surface area contributed by atoms with Crippen LogP contribution in [0.1, 0.15) is 18.9 Å². The molecule has 1 radical (unpaired) electrons. The molecule has 6 heteroatoms. The van der Waals surface area contributed by atoms with Crippen molar-refractivity contribution in [2.75, 3.05) is 13.1 Å². The molecule has 2 aromatic heterocycles. The van der Waals surface area contributed by atoms with Crippen molar-refractivity contribution in [1.82, 2.24) is 24.5 Å². The number of hydrogen-bond donors (Lipinski definition) is 0. The number of imidazole rings is 1. The molecule has 0 saturated heterocycles. The molecule has 1 amide bonds. The van der Waals surface area contributed by atoms with E-state index in [9.17, 15) is 4.79 Å². The number of carbonyl (C=O) groups excluding carboxylic acids is 1. The summed E-state index contributed by atoms with van der Waals surface area (Å²) in [5, 5.41) is 4.45. The van der Waals surface area contributed by atoms with Crippen LogP contribution < -0.4 is 0 Å². The van der Waals surface area contributed by atoms with Gasteiger partial charge in [0.05, 0.1) is 12.4 Å². The van der Waals surface area contributed by atoms with E-state index in [2.05, 4.69) is 39.5 Å². The van der Waals surface area contributed by atoms with Gasteiger partial charge in [-0.2, -0.15) is 9.61 Å². The minimum absolute atomic E-state index is 0.130. The van der Waals surface area contributed by atoms with Gasteiger partial charge in [0, 0.05) is 25.6 Å². The minimum Gasteiger partial charge on any atom is -0.339 e. The van der Waals surface area contributed by atoms with Crippen molar-refractivity contribution in [3.63, 3.8) is 0 Å². The smallest absolute Gasteiger partial charge is 0.251 e. The molecule has 1 aliphatic rings. The second-order valence-electron chi connectivity index (χ2n) is 5.76. The van der Waals surface area contributed by atoms with Crippen molar-refractivity contribution in [1.29, 1.82) is 0 Å². The van der Waals surface area contributed by atoms with Crippen LogP contribution in [0.3, 0.4) is 0 Å². The average molecular weight is 318 g/mol. The van der Waals surface area contributed by atoms with Gasteiger partial charge in [0.1, 0.15) is 11.9 Å². The van der Waals surface area contributed by atoms with E-state index >= 15 is 0 Å². The first kappa shape index (κ1) is 14.6. The van der Waals surface area contributed by atoms with Crippen LogP contribution in [0, 0.1) is 6.20 Å². The van der Waals surface area contributed by atoms with Crippen molar-refractivity contribution in [3.8, 4) is 11.3 Å². The van der Waals surface area contributed by atoms with Gasteiger partial charge in [0.15, 0.2) is 0 Å². The van der Waals surface area contributed by atoms with E-state index < -0.39 is 0 Å². The van der Waals surface area contributed by atoms with Crippen molar-refractivity contribution in [2.45, 2.75) is 13.3 Å². The van der Waals surface area contributed by atoms with Crippen LogP contribution in [0.4, 0.5) is 0 Å². The monoisotopic (exact) mass is 318 g/mol. The molecule has 3 heterocycles. The average Bonchev–Trinajstić information content (AvgIpc) is 3.09. The van der Waals surface area contributed by atoms with Gasteiger partial charge in [-0.15, -0.1) is 0 Å². The van der Waals surface area contributed by atoms with Crippen molar-refractivity contribution in [2.24, 2.45) is 0 Å². The molecular weight excluding hydrogens is 302 g/mol. The van der Waals surface area contributed by atoms with Crippen LogP contribution in [-0.4, -0.2) is 43.5 Å². The second-order valence-corrected chi connectivity index (χ2v) is 5.76. The summed E-state index contributed by atoms with van der Waals surface area (Å²) in [6.07, 6.45) is 9.19. The fourth-order valence-electron chi connectivity index (χ4n) is 2.87. The van der Waals surface area contributed by atoms with Crippen molar-refractivity contribution < 1.29 is 4.79 Å². The molecule has 0 aliphatic carbocycles.